The van der Waals surface area contributed by atoms with E-state index in [4.69, 9.17) is 9.47 Å². The van der Waals surface area contributed by atoms with Crippen molar-refractivity contribution in [3.8, 4) is 11.5 Å². The van der Waals surface area contributed by atoms with E-state index in [2.05, 4.69) is 22.4 Å². The van der Waals surface area contributed by atoms with E-state index in [1.54, 1.807) is 4.57 Å². The molecule has 1 amide bonds. The van der Waals surface area contributed by atoms with Crippen LogP contribution in [0.15, 0.2) is 52.4 Å². The molecule has 176 valence electrons. The summed E-state index contributed by atoms with van der Waals surface area (Å²) in [7, 11) is 0. The second-order valence-corrected chi connectivity index (χ2v) is 9.08. The van der Waals surface area contributed by atoms with Gasteiger partial charge in [-0.25, -0.2) is 0 Å². The number of carbonyl (C=O) groups is 1. The summed E-state index contributed by atoms with van der Waals surface area (Å²) in [5, 5.41) is 12.8. The number of carbonyl (C=O) groups excluding carboxylic acids is 1. The van der Waals surface area contributed by atoms with Crippen LogP contribution in [-0.4, -0.2) is 37.6 Å². The number of thioether (sulfide) groups is 1. The lowest BCUT2D eigenvalue weighted by molar-refractivity contribution is -0.119. The number of hydrogen-bond donors (Lipinski definition) is 1. The molecule has 1 aliphatic rings. The van der Waals surface area contributed by atoms with Crippen LogP contribution in [0.5, 0.6) is 11.5 Å². The lowest BCUT2D eigenvalue weighted by atomic mass is 10.1. The summed E-state index contributed by atoms with van der Waals surface area (Å²) in [6, 6.07) is 12.9. The average molecular weight is 480 g/mol. The quantitative estimate of drug-likeness (QED) is 0.386. The molecule has 10 heteroatoms. The van der Waals surface area contributed by atoms with Gasteiger partial charge in [0.15, 0.2) is 16.7 Å². The van der Waals surface area contributed by atoms with E-state index >= 15 is 0 Å². The zero-order valence-electron chi connectivity index (χ0n) is 19.0. The zero-order valence-corrected chi connectivity index (χ0v) is 19.8. The predicted octanol–water partition coefficient (Wildman–Crippen LogP) is 3.54. The maximum absolute atomic E-state index is 13.0. The van der Waals surface area contributed by atoms with Crippen LogP contribution in [0.25, 0.3) is 16.7 Å². The third-order valence-electron chi connectivity index (χ3n) is 5.82. The molecular formula is C24H25N5O4S. The number of ether oxygens (including phenoxy) is 2. The SMILES string of the molecule is CCCCn1c(=O)c2ccccc2n2c(SCC(=O)NC(C)c3ccc4c(c3)OCO4)nnc12. The van der Waals surface area contributed by atoms with E-state index < -0.39 is 0 Å². The van der Waals surface area contributed by atoms with Crippen molar-refractivity contribution in [1.82, 2.24) is 24.5 Å². The fraction of sp³-hybridized carbons (Fsp3) is 0.333. The fourth-order valence-corrected chi connectivity index (χ4v) is 4.78. The van der Waals surface area contributed by atoms with Crippen LogP contribution in [0.1, 0.15) is 38.3 Å². The Morgan fingerprint density at radius 1 is 1.18 bits per heavy atom. The topological polar surface area (TPSA) is 99.8 Å². The largest absolute Gasteiger partial charge is 0.454 e. The molecular weight excluding hydrogens is 454 g/mol. The van der Waals surface area contributed by atoms with E-state index in [1.807, 2.05) is 53.8 Å². The minimum absolute atomic E-state index is 0.0733. The lowest BCUT2D eigenvalue weighted by Crippen LogP contribution is -2.28. The molecule has 1 aliphatic heterocycles. The first-order chi connectivity index (χ1) is 16.6. The molecule has 0 fully saturated rings. The highest BCUT2D eigenvalue weighted by Gasteiger charge is 2.19. The van der Waals surface area contributed by atoms with Gasteiger partial charge in [-0.1, -0.05) is 43.3 Å². The number of benzene rings is 2. The van der Waals surface area contributed by atoms with Crippen LogP contribution < -0.4 is 20.3 Å². The molecule has 2 aromatic carbocycles. The summed E-state index contributed by atoms with van der Waals surface area (Å²) in [5.74, 6) is 1.92. The molecule has 0 bridgehead atoms. The molecule has 0 spiro atoms. The standard InChI is InChI=1S/C24H25N5O4S/c1-3-4-11-28-22(31)17-7-5-6-8-18(17)29-23(28)26-27-24(29)34-13-21(30)25-15(2)16-9-10-19-20(12-16)33-14-32-19/h5-10,12,15H,3-4,11,13-14H2,1-2H3,(H,25,30). The number of nitrogens with zero attached hydrogens (tertiary/aromatic N) is 4. The Labute approximate surface area is 200 Å². The van der Waals surface area contributed by atoms with Crippen LogP contribution in [0.4, 0.5) is 0 Å². The van der Waals surface area contributed by atoms with E-state index in [0.29, 0.717) is 34.4 Å². The maximum atomic E-state index is 13.0. The van der Waals surface area contributed by atoms with Crippen molar-refractivity contribution < 1.29 is 14.3 Å². The number of para-hydroxylation sites is 1. The summed E-state index contributed by atoms with van der Waals surface area (Å²) in [6.45, 7) is 4.79. The number of aryl methyl sites for hydroxylation is 1. The molecule has 2 aromatic heterocycles. The minimum Gasteiger partial charge on any atom is -0.454 e. The van der Waals surface area contributed by atoms with Crippen LogP contribution in [-0.2, 0) is 11.3 Å². The second-order valence-electron chi connectivity index (χ2n) is 8.14. The van der Waals surface area contributed by atoms with Crippen LogP contribution in [0, 0.1) is 0 Å². The average Bonchev–Trinajstić information content (AvgIpc) is 3.49. The van der Waals surface area contributed by atoms with Gasteiger partial charge in [0.2, 0.25) is 18.5 Å². The van der Waals surface area contributed by atoms with Crippen LogP contribution in [0.3, 0.4) is 0 Å². The van der Waals surface area contributed by atoms with Crippen LogP contribution >= 0.6 is 11.8 Å². The Morgan fingerprint density at radius 3 is 2.85 bits per heavy atom. The highest BCUT2D eigenvalue weighted by Crippen LogP contribution is 2.34. The van der Waals surface area contributed by atoms with Gasteiger partial charge >= 0.3 is 0 Å². The molecule has 4 aromatic rings. The zero-order chi connectivity index (χ0) is 23.7. The number of amides is 1. The fourth-order valence-electron chi connectivity index (χ4n) is 4.02. The molecule has 0 saturated carbocycles. The first-order valence-electron chi connectivity index (χ1n) is 11.2. The van der Waals surface area contributed by atoms with Gasteiger partial charge in [0.25, 0.3) is 5.56 Å². The van der Waals surface area contributed by atoms with Gasteiger partial charge in [-0.05, 0) is 43.2 Å². The van der Waals surface area contributed by atoms with Crippen molar-refractivity contribution in [2.45, 2.75) is 44.4 Å². The van der Waals surface area contributed by atoms with Crippen molar-refractivity contribution in [3.63, 3.8) is 0 Å². The number of rotatable bonds is 8. The van der Waals surface area contributed by atoms with Crippen molar-refractivity contribution in [2.24, 2.45) is 0 Å². The highest BCUT2D eigenvalue weighted by molar-refractivity contribution is 7.99. The molecule has 1 unspecified atom stereocenters. The number of nitrogens with one attached hydrogen (secondary N) is 1. The number of unbranched alkanes of at least 4 members (excludes halogenated alkanes) is 1. The van der Waals surface area contributed by atoms with Crippen LogP contribution in [0.2, 0.25) is 0 Å². The third-order valence-corrected chi connectivity index (χ3v) is 6.75. The number of aromatic nitrogens is 4. The van der Waals surface area contributed by atoms with Gasteiger partial charge in [0.1, 0.15) is 0 Å². The van der Waals surface area contributed by atoms with Crippen molar-refractivity contribution >= 4 is 34.3 Å². The molecule has 0 radical (unpaired) electrons. The summed E-state index contributed by atoms with van der Waals surface area (Å²) in [4.78, 5) is 25.8. The van der Waals surface area contributed by atoms with E-state index in [-0.39, 0.29) is 30.1 Å². The molecule has 1 atom stereocenters. The van der Waals surface area contributed by atoms with Gasteiger partial charge in [-0.15, -0.1) is 10.2 Å². The number of hydrogen-bond acceptors (Lipinski definition) is 7. The Balaban J connectivity index is 1.36. The molecule has 0 saturated heterocycles. The van der Waals surface area contributed by atoms with Gasteiger partial charge in [0, 0.05) is 6.54 Å². The monoisotopic (exact) mass is 479 g/mol. The molecule has 1 N–H and O–H groups in total. The second kappa shape index (κ2) is 9.38. The molecule has 5 rings (SSSR count). The lowest BCUT2D eigenvalue weighted by Gasteiger charge is -2.15. The Morgan fingerprint density at radius 2 is 2.00 bits per heavy atom. The maximum Gasteiger partial charge on any atom is 0.262 e. The number of fused-ring (bicyclic) bond motifs is 4. The normalized spacial score (nSPS) is 13.5. The Bertz CT molecular complexity index is 1430. The Hall–Kier alpha value is -3.53. The molecule has 34 heavy (non-hydrogen) atoms. The van der Waals surface area contributed by atoms with Crippen molar-refractivity contribution in [3.05, 3.63) is 58.4 Å². The molecule has 3 heterocycles. The first-order valence-corrected chi connectivity index (χ1v) is 12.2. The van der Waals surface area contributed by atoms with E-state index in [1.165, 1.54) is 11.8 Å². The summed E-state index contributed by atoms with van der Waals surface area (Å²) >= 11 is 1.29. The highest BCUT2D eigenvalue weighted by atomic mass is 32.2. The predicted molar refractivity (Wildman–Crippen MR) is 130 cm³/mol. The van der Waals surface area contributed by atoms with Gasteiger partial charge < -0.3 is 14.8 Å². The Kier molecular flexibility index (Phi) is 6.14. The molecule has 9 nitrogen and oxygen atoms in total. The first kappa shape index (κ1) is 22.3. The smallest absolute Gasteiger partial charge is 0.262 e. The van der Waals surface area contributed by atoms with Gasteiger partial charge in [0.05, 0.1) is 22.7 Å². The molecule has 0 aliphatic carbocycles. The summed E-state index contributed by atoms with van der Waals surface area (Å²) in [6.07, 6.45) is 1.83. The van der Waals surface area contributed by atoms with E-state index in [9.17, 15) is 9.59 Å². The third kappa shape index (κ3) is 4.09. The summed E-state index contributed by atoms with van der Waals surface area (Å²) in [5.41, 5.74) is 1.59. The van der Waals surface area contributed by atoms with Gasteiger partial charge in [-0.2, -0.15) is 0 Å². The minimum atomic E-state index is -0.196. The van der Waals surface area contributed by atoms with Crippen molar-refractivity contribution in [2.75, 3.05) is 12.5 Å². The van der Waals surface area contributed by atoms with Crippen molar-refractivity contribution in [1.29, 1.82) is 0 Å². The summed E-state index contributed by atoms with van der Waals surface area (Å²) < 4.78 is 14.3. The van der Waals surface area contributed by atoms with Gasteiger partial charge in [-0.3, -0.25) is 18.6 Å². The van der Waals surface area contributed by atoms with E-state index in [0.717, 1.165) is 23.9 Å².